The predicted octanol–water partition coefficient (Wildman–Crippen LogP) is 3.81. The Morgan fingerprint density at radius 2 is 1.87 bits per heavy atom. The van der Waals surface area contributed by atoms with Crippen molar-refractivity contribution in [3.05, 3.63) is 59.4 Å². The molecule has 1 N–H and O–H groups in total. The first-order valence-electron chi connectivity index (χ1n) is 11.4. The molecule has 5 nitrogen and oxygen atoms in total. The monoisotopic (exact) mass is 421 g/mol. The Labute approximate surface area is 186 Å². The molecule has 4 rings (SSSR count). The number of aromatic nitrogens is 1. The molecule has 1 unspecified atom stereocenters. The summed E-state index contributed by atoms with van der Waals surface area (Å²) in [6, 6.07) is 10.5. The van der Waals surface area contributed by atoms with E-state index in [-0.39, 0.29) is 17.1 Å². The molecule has 2 aliphatic rings. The van der Waals surface area contributed by atoms with Gasteiger partial charge in [0.1, 0.15) is 11.4 Å². The first-order chi connectivity index (χ1) is 14.6. The highest BCUT2D eigenvalue weighted by Gasteiger charge is 2.55. The Morgan fingerprint density at radius 3 is 2.42 bits per heavy atom. The minimum Gasteiger partial charge on any atom is -0.380 e. The first-order valence-corrected chi connectivity index (χ1v) is 11.4. The van der Waals surface area contributed by atoms with Crippen molar-refractivity contribution >= 4 is 11.5 Å². The number of aliphatic hydroxyl groups is 1. The average Bonchev–Trinajstić information content (AvgIpc) is 3.23. The number of hydrogen-bond acceptors (Lipinski definition) is 5. The van der Waals surface area contributed by atoms with Gasteiger partial charge in [-0.25, -0.2) is 0 Å². The topological polar surface area (TPSA) is 56.7 Å². The van der Waals surface area contributed by atoms with Crippen LogP contribution in [-0.2, 0) is 10.4 Å². The Morgan fingerprint density at radius 1 is 1.19 bits per heavy atom. The third-order valence-corrected chi connectivity index (χ3v) is 7.38. The zero-order valence-corrected chi connectivity index (χ0v) is 19.4. The summed E-state index contributed by atoms with van der Waals surface area (Å²) in [6.45, 7) is 11.4. The first kappa shape index (κ1) is 22.0. The SMILES string of the molecule is CC(=O)[C@H]1CCN(c2cncc(C(O)(c3ccc(C(C)C)cc3)C3(C)CN(C)C3)c2)C1. The van der Waals surface area contributed by atoms with Crippen LogP contribution in [0.5, 0.6) is 0 Å². The molecule has 0 aliphatic carbocycles. The van der Waals surface area contributed by atoms with Gasteiger partial charge in [-0.15, -0.1) is 0 Å². The number of pyridine rings is 1. The fourth-order valence-electron chi connectivity index (χ4n) is 5.47. The molecule has 2 fully saturated rings. The summed E-state index contributed by atoms with van der Waals surface area (Å²) in [5.41, 5.74) is 2.53. The molecule has 31 heavy (non-hydrogen) atoms. The van der Waals surface area contributed by atoms with Crippen LogP contribution in [0.1, 0.15) is 56.7 Å². The van der Waals surface area contributed by atoms with Crippen LogP contribution in [0.2, 0.25) is 0 Å². The number of hydrogen-bond donors (Lipinski definition) is 1. The molecular weight excluding hydrogens is 386 g/mol. The molecule has 3 heterocycles. The zero-order valence-electron chi connectivity index (χ0n) is 19.4. The summed E-state index contributed by atoms with van der Waals surface area (Å²) in [5, 5.41) is 12.3. The number of benzene rings is 1. The molecule has 2 aliphatic heterocycles. The number of rotatable bonds is 6. The van der Waals surface area contributed by atoms with Gasteiger partial charge in [-0.2, -0.15) is 0 Å². The maximum absolute atomic E-state index is 12.3. The van der Waals surface area contributed by atoms with Gasteiger partial charge in [0, 0.05) is 49.3 Å². The predicted molar refractivity (Wildman–Crippen MR) is 124 cm³/mol. The lowest BCUT2D eigenvalue weighted by Crippen LogP contribution is -2.63. The zero-order chi connectivity index (χ0) is 22.4. The van der Waals surface area contributed by atoms with E-state index in [0.717, 1.165) is 49.4 Å². The number of anilines is 1. The van der Waals surface area contributed by atoms with Gasteiger partial charge in [0.2, 0.25) is 0 Å². The van der Waals surface area contributed by atoms with E-state index >= 15 is 0 Å². The Kier molecular flexibility index (Phi) is 5.69. The van der Waals surface area contributed by atoms with E-state index in [1.807, 2.05) is 12.4 Å². The second-order valence-corrected chi connectivity index (χ2v) is 10.2. The maximum Gasteiger partial charge on any atom is 0.134 e. The lowest BCUT2D eigenvalue weighted by molar-refractivity contribution is -0.127. The van der Waals surface area contributed by atoms with Crippen molar-refractivity contribution in [3.8, 4) is 0 Å². The van der Waals surface area contributed by atoms with Crippen LogP contribution < -0.4 is 4.90 Å². The van der Waals surface area contributed by atoms with Crippen molar-refractivity contribution in [2.45, 2.75) is 45.6 Å². The molecule has 0 bridgehead atoms. The molecule has 0 spiro atoms. The summed E-state index contributed by atoms with van der Waals surface area (Å²) in [7, 11) is 2.09. The number of Topliss-reactive ketones (excluding diaryl/α,β-unsaturated/α-hetero) is 1. The minimum absolute atomic E-state index is 0.0870. The van der Waals surface area contributed by atoms with E-state index in [2.05, 4.69) is 72.9 Å². The fraction of sp³-hybridized carbons (Fsp3) is 0.538. The lowest BCUT2D eigenvalue weighted by Gasteiger charge is -2.56. The highest BCUT2D eigenvalue weighted by atomic mass is 16.3. The summed E-state index contributed by atoms with van der Waals surface area (Å²) < 4.78 is 0. The van der Waals surface area contributed by atoms with Crippen LogP contribution in [0.15, 0.2) is 42.7 Å². The quantitative estimate of drug-likeness (QED) is 0.769. The summed E-state index contributed by atoms with van der Waals surface area (Å²) >= 11 is 0. The Balaban J connectivity index is 1.74. The molecule has 5 heteroatoms. The molecule has 2 saturated heterocycles. The number of likely N-dealkylation sites (tertiary alicyclic amines) is 1. The second-order valence-electron chi connectivity index (χ2n) is 10.2. The summed E-state index contributed by atoms with van der Waals surface area (Å²) in [5.74, 6) is 0.782. The third-order valence-electron chi connectivity index (χ3n) is 7.38. The molecule has 2 atom stereocenters. The fourth-order valence-corrected chi connectivity index (χ4v) is 5.47. The number of carbonyl (C=O) groups excluding carboxylic acids is 1. The largest absolute Gasteiger partial charge is 0.380 e. The van der Waals surface area contributed by atoms with Gasteiger partial charge >= 0.3 is 0 Å². The van der Waals surface area contributed by atoms with Gasteiger partial charge in [0.25, 0.3) is 0 Å². The van der Waals surface area contributed by atoms with Crippen molar-refractivity contribution in [2.24, 2.45) is 11.3 Å². The van der Waals surface area contributed by atoms with Gasteiger partial charge in [0.15, 0.2) is 0 Å². The standard InChI is InChI=1S/C26H35N3O2/c1-18(2)20-6-8-22(9-7-20)26(31,25(4)16-28(5)17-25)23-12-24(14-27-13-23)29-11-10-21(15-29)19(3)30/h6-9,12-14,18,21,31H,10-11,15-17H2,1-5H3/t21-,26?/m0/s1. The van der Waals surface area contributed by atoms with E-state index in [0.29, 0.717) is 5.92 Å². The normalized spacial score (nSPS) is 22.9. The molecule has 2 aromatic rings. The van der Waals surface area contributed by atoms with Crippen LogP contribution in [0, 0.1) is 11.3 Å². The molecule has 0 radical (unpaired) electrons. The molecule has 0 saturated carbocycles. The van der Waals surface area contributed by atoms with Crippen molar-refractivity contribution in [2.75, 3.05) is 38.1 Å². The van der Waals surface area contributed by atoms with E-state index in [1.165, 1.54) is 5.56 Å². The Hall–Kier alpha value is -2.24. The number of carbonyl (C=O) groups is 1. The molecule has 1 aromatic carbocycles. The van der Waals surface area contributed by atoms with Crippen molar-refractivity contribution < 1.29 is 9.90 Å². The van der Waals surface area contributed by atoms with Gasteiger partial charge in [0.05, 0.1) is 11.9 Å². The summed E-state index contributed by atoms with van der Waals surface area (Å²) in [4.78, 5) is 20.8. The molecule has 166 valence electrons. The van der Waals surface area contributed by atoms with Crippen molar-refractivity contribution in [3.63, 3.8) is 0 Å². The Bertz CT molecular complexity index is 949. The van der Waals surface area contributed by atoms with Gasteiger partial charge < -0.3 is 14.9 Å². The van der Waals surface area contributed by atoms with Gasteiger partial charge in [-0.05, 0) is 43.5 Å². The number of nitrogens with zero attached hydrogens (tertiary/aromatic N) is 3. The molecular formula is C26H35N3O2. The van der Waals surface area contributed by atoms with Crippen LogP contribution in [0.4, 0.5) is 5.69 Å². The second kappa shape index (κ2) is 8.03. The molecule has 0 amide bonds. The van der Waals surface area contributed by atoms with Gasteiger partial charge in [-0.1, -0.05) is 45.0 Å². The van der Waals surface area contributed by atoms with Crippen molar-refractivity contribution in [1.29, 1.82) is 0 Å². The van der Waals surface area contributed by atoms with Crippen LogP contribution in [0.25, 0.3) is 0 Å². The highest BCUT2D eigenvalue weighted by Crippen LogP contribution is 2.50. The van der Waals surface area contributed by atoms with E-state index < -0.39 is 5.60 Å². The maximum atomic E-state index is 12.3. The van der Waals surface area contributed by atoms with E-state index in [9.17, 15) is 9.90 Å². The van der Waals surface area contributed by atoms with Crippen LogP contribution in [-0.4, -0.2) is 54.0 Å². The number of ketones is 1. The highest BCUT2D eigenvalue weighted by molar-refractivity contribution is 5.79. The van der Waals surface area contributed by atoms with E-state index in [4.69, 9.17) is 0 Å². The van der Waals surface area contributed by atoms with Gasteiger partial charge in [-0.3, -0.25) is 9.78 Å². The average molecular weight is 422 g/mol. The van der Waals surface area contributed by atoms with Crippen molar-refractivity contribution in [1.82, 2.24) is 9.88 Å². The lowest BCUT2D eigenvalue weighted by atomic mass is 9.62. The third kappa shape index (κ3) is 3.79. The van der Waals surface area contributed by atoms with E-state index in [1.54, 1.807) is 6.92 Å². The minimum atomic E-state index is -1.14. The smallest absolute Gasteiger partial charge is 0.134 e. The summed E-state index contributed by atoms with van der Waals surface area (Å²) in [6.07, 6.45) is 4.54. The molecule has 1 aromatic heterocycles. The van der Waals surface area contributed by atoms with Crippen LogP contribution >= 0.6 is 0 Å². The van der Waals surface area contributed by atoms with Crippen LogP contribution in [0.3, 0.4) is 0 Å².